The third kappa shape index (κ3) is 4.08. The zero-order valence-corrected chi connectivity index (χ0v) is 12.4. The molecule has 0 aliphatic heterocycles. The molecule has 1 aromatic carbocycles. The molecule has 5 heteroatoms. The number of rotatable bonds is 6. The second-order valence-electron chi connectivity index (χ2n) is 4.86. The largest absolute Gasteiger partial charge is 0.465 e. The molecule has 0 saturated carbocycles. The average Bonchev–Trinajstić information content (AvgIpc) is 2.84. The van der Waals surface area contributed by atoms with Crippen LogP contribution >= 0.6 is 0 Å². The molecule has 1 aromatic heterocycles. The number of hydrogen-bond acceptors (Lipinski definition) is 2. The van der Waals surface area contributed by atoms with Crippen molar-refractivity contribution >= 4 is 6.09 Å². The minimum Gasteiger partial charge on any atom is -0.465 e. The summed E-state index contributed by atoms with van der Waals surface area (Å²) in [6.07, 6.45) is -0.303. The zero-order valence-electron chi connectivity index (χ0n) is 12.4. The van der Waals surface area contributed by atoms with E-state index in [1.807, 2.05) is 54.9 Å². The lowest BCUT2D eigenvalue weighted by Gasteiger charge is -2.18. The fourth-order valence-corrected chi connectivity index (χ4v) is 2.24. The van der Waals surface area contributed by atoms with Gasteiger partial charge < -0.3 is 5.11 Å². The molecule has 0 atom stereocenters. The molecule has 5 nitrogen and oxygen atoms in total. The van der Waals surface area contributed by atoms with Gasteiger partial charge in [-0.3, -0.25) is 9.58 Å². The Hall–Kier alpha value is -2.30. The maximum Gasteiger partial charge on any atom is 0.407 e. The highest BCUT2D eigenvalue weighted by atomic mass is 16.4. The minimum absolute atomic E-state index is 0.412. The van der Waals surface area contributed by atoms with Gasteiger partial charge in [0, 0.05) is 25.2 Å². The van der Waals surface area contributed by atoms with Gasteiger partial charge in [0.1, 0.15) is 0 Å². The molecule has 21 heavy (non-hydrogen) atoms. The summed E-state index contributed by atoms with van der Waals surface area (Å²) in [6.45, 7) is 6.83. The van der Waals surface area contributed by atoms with Crippen LogP contribution in [0.4, 0.5) is 4.79 Å². The Morgan fingerprint density at radius 3 is 2.71 bits per heavy atom. The summed E-state index contributed by atoms with van der Waals surface area (Å²) in [5.41, 5.74) is 2.89. The summed E-state index contributed by atoms with van der Waals surface area (Å²) < 4.78 is 1.91. The van der Waals surface area contributed by atoms with Crippen LogP contribution in [-0.4, -0.2) is 32.4 Å². The lowest BCUT2D eigenvalue weighted by atomic mass is 10.2. The molecule has 1 radical (unpaired) electrons. The van der Waals surface area contributed by atoms with Crippen molar-refractivity contribution in [2.24, 2.45) is 0 Å². The molecule has 111 valence electrons. The van der Waals surface area contributed by atoms with Crippen LogP contribution in [0, 0.1) is 13.5 Å². The van der Waals surface area contributed by atoms with Crippen molar-refractivity contribution in [3.8, 4) is 0 Å². The molecule has 2 rings (SSSR count). The highest BCUT2D eigenvalue weighted by Crippen LogP contribution is 2.10. The topological polar surface area (TPSA) is 58.4 Å². The van der Waals surface area contributed by atoms with Crippen molar-refractivity contribution in [1.29, 1.82) is 0 Å². The van der Waals surface area contributed by atoms with Crippen molar-refractivity contribution < 1.29 is 9.90 Å². The SMILES string of the molecule is CCn1nc(C)cc1CCN([CH]c1ccccc1)C(=O)O. The van der Waals surface area contributed by atoms with Crippen LogP contribution < -0.4 is 0 Å². The molecule has 0 fully saturated rings. The highest BCUT2D eigenvalue weighted by Gasteiger charge is 2.14. The predicted octanol–water partition coefficient (Wildman–Crippen LogP) is 2.94. The Kier molecular flexibility index (Phi) is 4.98. The van der Waals surface area contributed by atoms with Gasteiger partial charge in [0.25, 0.3) is 0 Å². The molecule has 1 N–H and O–H groups in total. The lowest BCUT2D eigenvalue weighted by molar-refractivity contribution is 0.158. The molecule has 0 bridgehead atoms. The smallest absolute Gasteiger partial charge is 0.407 e. The molecule has 0 unspecified atom stereocenters. The second-order valence-corrected chi connectivity index (χ2v) is 4.86. The van der Waals surface area contributed by atoms with Crippen molar-refractivity contribution in [3.63, 3.8) is 0 Å². The van der Waals surface area contributed by atoms with E-state index in [-0.39, 0.29) is 0 Å². The van der Waals surface area contributed by atoms with Crippen LogP contribution in [0.25, 0.3) is 0 Å². The van der Waals surface area contributed by atoms with E-state index in [2.05, 4.69) is 5.10 Å². The Morgan fingerprint density at radius 2 is 2.10 bits per heavy atom. The molecular formula is C16H20N3O2. The third-order valence-electron chi connectivity index (χ3n) is 3.24. The first-order chi connectivity index (χ1) is 10.1. The number of carbonyl (C=O) groups is 1. The highest BCUT2D eigenvalue weighted by molar-refractivity contribution is 5.66. The Bertz CT molecular complexity index is 593. The van der Waals surface area contributed by atoms with E-state index in [9.17, 15) is 9.90 Å². The van der Waals surface area contributed by atoms with Crippen molar-refractivity contribution in [1.82, 2.24) is 14.7 Å². The molecular weight excluding hydrogens is 266 g/mol. The standard InChI is InChI=1S/C16H20N3O2/c1-3-19-15(11-13(2)17-19)9-10-18(16(20)21)12-14-7-5-4-6-8-14/h4-8,11-12H,3,9-10H2,1-2H3,(H,20,21). The van der Waals surface area contributed by atoms with E-state index in [0.29, 0.717) is 13.0 Å². The summed E-state index contributed by atoms with van der Waals surface area (Å²) >= 11 is 0. The van der Waals surface area contributed by atoms with E-state index >= 15 is 0 Å². The van der Waals surface area contributed by atoms with Gasteiger partial charge in [0.05, 0.1) is 12.2 Å². The zero-order chi connectivity index (χ0) is 15.2. The number of aromatic nitrogens is 2. The fraction of sp³-hybridized carbons (Fsp3) is 0.312. The summed E-state index contributed by atoms with van der Waals surface area (Å²) in [4.78, 5) is 12.7. The molecule has 1 heterocycles. The van der Waals surface area contributed by atoms with Crippen LogP contribution in [-0.2, 0) is 13.0 Å². The first-order valence-corrected chi connectivity index (χ1v) is 7.03. The summed E-state index contributed by atoms with van der Waals surface area (Å²) in [7, 11) is 0. The summed E-state index contributed by atoms with van der Waals surface area (Å²) in [5.74, 6) is 0. The molecule has 0 aliphatic carbocycles. The number of hydrogen-bond donors (Lipinski definition) is 1. The van der Waals surface area contributed by atoms with Crippen molar-refractivity contribution in [2.45, 2.75) is 26.8 Å². The fourth-order valence-electron chi connectivity index (χ4n) is 2.24. The number of amides is 1. The molecule has 1 amide bonds. The maximum atomic E-state index is 11.4. The van der Waals surface area contributed by atoms with Crippen LogP contribution in [0.5, 0.6) is 0 Å². The Labute approximate surface area is 124 Å². The number of carboxylic acid groups (broad SMARTS) is 1. The Balaban J connectivity index is 2.02. The van der Waals surface area contributed by atoms with Gasteiger partial charge in [-0.05, 0) is 25.5 Å². The second kappa shape index (κ2) is 6.92. The average molecular weight is 286 g/mol. The van der Waals surface area contributed by atoms with Gasteiger partial charge in [-0.1, -0.05) is 30.3 Å². The van der Waals surface area contributed by atoms with Crippen molar-refractivity contribution in [2.75, 3.05) is 6.54 Å². The van der Waals surface area contributed by atoms with Crippen molar-refractivity contribution in [3.05, 3.63) is 59.9 Å². The molecule has 2 aromatic rings. The Morgan fingerprint density at radius 1 is 1.38 bits per heavy atom. The van der Waals surface area contributed by atoms with Gasteiger partial charge >= 0.3 is 6.09 Å². The van der Waals surface area contributed by atoms with E-state index < -0.39 is 6.09 Å². The van der Waals surface area contributed by atoms with E-state index in [1.54, 1.807) is 6.54 Å². The lowest BCUT2D eigenvalue weighted by Crippen LogP contribution is -2.29. The van der Waals surface area contributed by atoms with Crippen LogP contribution in [0.3, 0.4) is 0 Å². The molecule has 0 saturated heterocycles. The predicted molar refractivity (Wildman–Crippen MR) is 80.9 cm³/mol. The normalized spacial score (nSPS) is 10.6. The number of benzene rings is 1. The minimum atomic E-state index is -0.946. The number of aryl methyl sites for hydroxylation is 2. The number of nitrogens with zero attached hydrogens (tertiary/aromatic N) is 3. The maximum absolute atomic E-state index is 11.4. The van der Waals surface area contributed by atoms with Crippen LogP contribution in [0.15, 0.2) is 36.4 Å². The first kappa shape index (κ1) is 15.1. The summed E-state index contributed by atoms with van der Waals surface area (Å²) in [6, 6.07) is 11.5. The van der Waals surface area contributed by atoms with Crippen LogP contribution in [0.2, 0.25) is 0 Å². The van der Waals surface area contributed by atoms with Gasteiger partial charge in [0.2, 0.25) is 0 Å². The van der Waals surface area contributed by atoms with Crippen LogP contribution in [0.1, 0.15) is 23.9 Å². The van der Waals surface area contributed by atoms with Gasteiger partial charge in [-0.2, -0.15) is 5.10 Å². The van der Waals surface area contributed by atoms with E-state index in [4.69, 9.17) is 0 Å². The van der Waals surface area contributed by atoms with Gasteiger partial charge in [-0.15, -0.1) is 0 Å². The monoisotopic (exact) mass is 286 g/mol. The van der Waals surface area contributed by atoms with Gasteiger partial charge in [0.15, 0.2) is 0 Å². The van der Waals surface area contributed by atoms with E-state index in [0.717, 1.165) is 23.5 Å². The third-order valence-corrected chi connectivity index (χ3v) is 3.24. The molecule has 0 spiro atoms. The first-order valence-electron chi connectivity index (χ1n) is 7.03. The van der Waals surface area contributed by atoms with Gasteiger partial charge in [-0.25, -0.2) is 4.79 Å². The van der Waals surface area contributed by atoms with E-state index in [1.165, 1.54) is 4.90 Å². The molecule has 0 aliphatic rings. The summed E-state index contributed by atoms with van der Waals surface area (Å²) in [5, 5.41) is 13.7. The quantitative estimate of drug-likeness (QED) is 0.888.